The first-order valence-electron chi connectivity index (χ1n) is 8.66. The van der Waals surface area contributed by atoms with Crippen molar-refractivity contribution in [2.24, 2.45) is 5.73 Å². The minimum Gasteiger partial charge on any atom is -0.366 e. The van der Waals surface area contributed by atoms with Crippen LogP contribution in [0, 0.1) is 11.6 Å². The molecule has 0 spiro atoms. The van der Waals surface area contributed by atoms with Gasteiger partial charge in [-0.2, -0.15) is 5.10 Å². The van der Waals surface area contributed by atoms with E-state index in [2.05, 4.69) is 10.4 Å². The number of amides is 1. The summed E-state index contributed by atoms with van der Waals surface area (Å²) in [6.07, 6.45) is 3.15. The van der Waals surface area contributed by atoms with Crippen LogP contribution in [0.3, 0.4) is 0 Å². The number of piperidine rings is 1. The molecule has 0 saturated carbocycles. The maximum absolute atomic E-state index is 14.8. The van der Waals surface area contributed by atoms with Crippen molar-refractivity contribution >= 4 is 24.7 Å². The summed E-state index contributed by atoms with van der Waals surface area (Å²) in [6, 6.07) is 7.01. The van der Waals surface area contributed by atoms with E-state index in [-0.39, 0.29) is 16.8 Å². The lowest BCUT2D eigenvalue weighted by Crippen LogP contribution is -2.43. The van der Waals surface area contributed by atoms with Crippen molar-refractivity contribution in [2.75, 3.05) is 13.1 Å². The van der Waals surface area contributed by atoms with Gasteiger partial charge in [-0.15, -0.1) is 0 Å². The van der Waals surface area contributed by atoms with Gasteiger partial charge in [-0.05, 0) is 61.1 Å². The van der Waals surface area contributed by atoms with E-state index in [4.69, 9.17) is 13.6 Å². The summed E-state index contributed by atoms with van der Waals surface area (Å²) in [7, 11) is 6.42. The van der Waals surface area contributed by atoms with E-state index in [9.17, 15) is 13.6 Å². The number of carbonyl (C=O) groups excluding carboxylic acids is 1. The van der Waals surface area contributed by atoms with Crippen LogP contribution < -0.4 is 11.1 Å². The molecular formula is C19H17BF2N4O. The molecule has 1 saturated heterocycles. The molecule has 4 rings (SSSR count). The van der Waals surface area contributed by atoms with Crippen LogP contribution in [0.5, 0.6) is 0 Å². The number of rotatable bonds is 3. The molecule has 3 N–H and O–H groups in total. The predicted octanol–water partition coefficient (Wildman–Crippen LogP) is 2.15. The molecule has 2 radical (unpaired) electrons. The molecular weight excluding hydrogens is 349 g/mol. The van der Waals surface area contributed by atoms with Gasteiger partial charge in [0.1, 0.15) is 22.8 Å². The van der Waals surface area contributed by atoms with Gasteiger partial charge in [-0.3, -0.25) is 4.79 Å². The van der Waals surface area contributed by atoms with Gasteiger partial charge >= 0.3 is 0 Å². The Labute approximate surface area is 155 Å². The lowest BCUT2D eigenvalue weighted by Gasteiger charge is -2.35. The van der Waals surface area contributed by atoms with Crippen molar-refractivity contribution in [1.29, 1.82) is 0 Å². The Hall–Kier alpha value is -2.74. The number of primary amides is 1. The molecule has 3 aromatic rings. The van der Waals surface area contributed by atoms with Crippen LogP contribution in [0.25, 0.3) is 16.6 Å². The third-order valence-electron chi connectivity index (χ3n) is 5.03. The van der Waals surface area contributed by atoms with Crippen molar-refractivity contribution < 1.29 is 13.6 Å². The fourth-order valence-corrected chi connectivity index (χ4v) is 3.59. The normalized spacial score (nSPS) is 20.1. The maximum Gasteiger partial charge on any atom is 0.251 e. The van der Waals surface area contributed by atoms with E-state index in [1.54, 1.807) is 12.1 Å². The van der Waals surface area contributed by atoms with Crippen LogP contribution in [0.2, 0.25) is 0 Å². The molecule has 1 aliphatic heterocycles. The van der Waals surface area contributed by atoms with Gasteiger partial charge in [0.2, 0.25) is 0 Å². The number of benzene rings is 2. The topological polar surface area (TPSA) is 72.9 Å². The van der Waals surface area contributed by atoms with Gasteiger partial charge in [0.15, 0.2) is 0 Å². The average Bonchev–Trinajstić information content (AvgIpc) is 3.04. The number of hydrogen-bond donors (Lipinski definition) is 2. The Kier molecular flexibility index (Phi) is 4.22. The zero-order chi connectivity index (χ0) is 19.2. The number of carbonyl (C=O) groups is 1. The van der Waals surface area contributed by atoms with Gasteiger partial charge in [0, 0.05) is 11.6 Å². The quantitative estimate of drug-likeness (QED) is 0.698. The molecule has 1 aromatic heterocycles. The van der Waals surface area contributed by atoms with Crippen molar-refractivity contribution in [3.63, 3.8) is 0 Å². The number of hydrogen-bond acceptors (Lipinski definition) is 3. The zero-order valence-corrected chi connectivity index (χ0v) is 14.5. The Balaban J connectivity index is 1.78. The van der Waals surface area contributed by atoms with Crippen LogP contribution in [-0.4, -0.2) is 36.6 Å². The van der Waals surface area contributed by atoms with E-state index in [1.807, 2.05) is 0 Å². The highest BCUT2D eigenvalue weighted by Crippen LogP contribution is 2.30. The Morgan fingerprint density at radius 1 is 1.30 bits per heavy atom. The molecule has 1 atom stereocenters. The number of fused-ring (bicyclic) bond motifs is 1. The molecule has 1 aliphatic rings. The molecule has 136 valence electrons. The Bertz CT molecular complexity index is 1040. The number of halogens is 2. The monoisotopic (exact) mass is 366 g/mol. The zero-order valence-electron chi connectivity index (χ0n) is 14.5. The highest BCUT2D eigenvalue weighted by Gasteiger charge is 2.29. The maximum atomic E-state index is 14.8. The van der Waals surface area contributed by atoms with Crippen LogP contribution >= 0.6 is 0 Å². The van der Waals surface area contributed by atoms with Gasteiger partial charge in [0.05, 0.1) is 13.4 Å². The number of nitrogens with one attached hydrogen (secondary N) is 1. The van der Waals surface area contributed by atoms with Crippen molar-refractivity contribution in [3.8, 4) is 5.69 Å². The molecule has 0 bridgehead atoms. The lowest BCUT2D eigenvalue weighted by atomic mass is 9.60. The van der Waals surface area contributed by atoms with Gasteiger partial charge in [-0.1, -0.05) is 6.07 Å². The highest BCUT2D eigenvalue weighted by atomic mass is 19.1. The van der Waals surface area contributed by atoms with Gasteiger partial charge in [-0.25, -0.2) is 13.5 Å². The Morgan fingerprint density at radius 2 is 2.11 bits per heavy atom. The van der Waals surface area contributed by atoms with Gasteiger partial charge in [0.25, 0.3) is 5.91 Å². The summed E-state index contributed by atoms with van der Waals surface area (Å²) in [6.45, 7) is 1.48. The second kappa shape index (κ2) is 6.46. The predicted molar refractivity (Wildman–Crippen MR) is 99.0 cm³/mol. The molecule has 0 aliphatic carbocycles. The van der Waals surface area contributed by atoms with E-state index < -0.39 is 22.9 Å². The van der Waals surface area contributed by atoms with Crippen LogP contribution in [-0.2, 0) is 5.31 Å². The Morgan fingerprint density at radius 3 is 2.78 bits per heavy atom. The van der Waals surface area contributed by atoms with E-state index >= 15 is 0 Å². The molecule has 1 amide bonds. The molecule has 5 nitrogen and oxygen atoms in total. The third-order valence-corrected chi connectivity index (χ3v) is 5.03. The van der Waals surface area contributed by atoms with Crippen molar-refractivity contribution in [3.05, 3.63) is 59.3 Å². The van der Waals surface area contributed by atoms with Crippen molar-refractivity contribution in [2.45, 2.75) is 18.2 Å². The van der Waals surface area contributed by atoms with Crippen molar-refractivity contribution in [1.82, 2.24) is 15.1 Å². The fourth-order valence-electron chi connectivity index (χ4n) is 3.59. The minimum absolute atomic E-state index is 0.0463. The summed E-state index contributed by atoms with van der Waals surface area (Å²) in [5.41, 5.74) is 6.35. The van der Waals surface area contributed by atoms with Crippen LogP contribution in [0.15, 0.2) is 36.5 Å². The lowest BCUT2D eigenvalue weighted by molar-refractivity contribution is 0.100. The first-order valence-corrected chi connectivity index (χ1v) is 8.66. The SMILES string of the molecule is [B][C@@]1(c2ccc(-n3cc4cc(F)cc(C(N)=O)c4n3)c(F)c2)CCCNC1. The van der Waals surface area contributed by atoms with Crippen LogP contribution in [0.4, 0.5) is 8.78 Å². The third kappa shape index (κ3) is 3.10. The second-order valence-electron chi connectivity index (χ2n) is 6.93. The molecule has 1 fully saturated rings. The number of nitrogens with zero attached hydrogens (tertiary/aromatic N) is 2. The largest absolute Gasteiger partial charge is 0.366 e. The first kappa shape index (κ1) is 17.7. The smallest absolute Gasteiger partial charge is 0.251 e. The summed E-state index contributed by atoms with van der Waals surface area (Å²) < 4.78 is 29.8. The average molecular weight is 366 g/mol. The molecule has 2 aromatic carbocycles. The van der Waals surface area contributed by atoms with E-state index in [0.717, 1.165) is 25.5 Å². The minimum atomic E-state index is -0.796. The summed E-state index contributed by atoms with van der Waals surface area (Å²) in [5, 5.41) is 7.21. The summed E-state index contributed by atoms with van der Waals surface area (Å²) in [5.74, 6) is -1.91. The second-order valence-corrected chi connectivity index (χ2v) is 6.93. The van der Waals surface area contributed by atoms with E-state index in [1.165, 1.54) is 23.0 Å². The van der Waals surface area contributed by atoms with E-state index in [0.29, 0.717) is 17.5 Å². The summed E-state index contributed by atoms with van der Waals surface area (Å²) >= 11 is 0. The summed E-state index contributed by atoms with van der Waals surface area (Å²) in [4.78, 5) is 11.5. The van der Waals surface area contributed by atoms with Crippen LogP contribution in [0.1, 0.15) is 28.8 Å². The number of aromatic nitrogens is 2. The number of nitrogens with two attached hydrogens (primary N) is 1. The highest BCUT2D eigenvalue weighted by molar-refractivity contribution is 6.16. The molecule has 2 heterocycles. The molecule has 0 unspecified atom stereocenters. The standard InChI is InChI=1S/C19H17BF2N4O/c20-19(4-1-5-24-10-19)12-2-3-16(15(22)7-12)26-9-11-6-13(21)8-14(18(23)27)17(11)25-26/h2-3,6-9,24H,1,4-5,10H2,(H2,23,27)/t19-/m0/s1. The molecule has 27 heavy (non-hydrogen) atoms. The molecule has 8 heteroatoms. The first-order chi connectivity index (χ1) is 12.9. The fraction of sp³-hybridized carbons (Fsp3) is 0.263. The van der Waals surface area contributed by atoms with Gasteiger partial charge < -0.3 is 11.1 Å².